The van der Waals surface area contributed by atoms with Gasteiger partial charge in [-0.25, -0.2) is 4.98 Å². The summed E-state index contributed by atoms with van der Waals surface area (Å²) in [5.41, 5.74) is 5.11. The van der Waals surface area contributed by atoms with Crippen LogP contribution in [0.25, 0.3) is 11.3 Å². The minimum atomic E-state index is -3.68. The maximum Gasteiger partial charge on any atom is 0.299 e. The van der Waals surface area contributed by atoms with Crippen LogP contribution in [0.1, 0.15) is 55.7 Å². The van der Waals surface area contributed by atoms with Crippen LogP contribution in [0.2, 0.25) is 0 Å². The van der Waals surface area contributed by atoms with E-state index in [1.54, 1.807) is 12.1 Å². The highest BCUT2D eigenvalue weighted by molar-refractivity contribution is 7.90. The van der Waals surface area contributed by atoms with Crippen molar-refractivity contribution in [2.45, 2.75) is 63.6 Å². The van der Waals surface area contributed by atoms with Crippen molar-refractivity contribution in [1.82, 2.24) is 14.3 Å². The second-order valence-electron chi connectivity index (χ2n) is 12.0. The number of aliphatic hydroxyl groups is 1. The standard InChI is InChI=1S/C29H34N4O3S/c1-18-6-8-22(9-7-18)31-37(35,36)32-28-20-10-19-11-21(28)15-29(13-19,14-20)27(34)12-25-23-4-2-3-5-24(23)26-16-30-17-33(25)26/h2-9,16-17,19-21,25,27-28,31-32,34H,10-15H2,1H3. The molecule has 2 aromatic carbocycles. The SMILES string of the molecule is Cc1ccc(NS(=O)(=O)NC2C3CC4CC2CC(C(O)CC2c5ccccc5-c5cncn52)(C4)C3)cc1. The molecule has 0 radical (unpaired) electrons. The fourth-order valence-corrected chi connectivity index (χ4v) is 9.56. The third-order valence-corrected chi connectivity index (χ3v) is 10.8. The van der Waals surface area contributed by atoms with Crippen LogP contribution in [0.3, 0.4) is 0 Å². The molecule has 5 aliphatic rings. The Morgan fingerprint density at radius 1 is 1.08 bits per heavy atom. The number of imidazole rings is 1. The third kappa shape index (κ3) is 3.92. The molecule has 0 amide bonds. The highest BCUT2D eigenvalue weighted by atomic mass is 32.2. The number of benzene rings is 2. The van der Waals surface area contributed by atoms with Crippen molar-refractivity contribution in [2.75, 3.05) is 4.72 Å². The molecule has 1 aliphatic heterocycles. The van der Waals surface area contributed by atoms with Crippen molar-refractivity contribution in [1.29, 1.82) is 0 Å². The lowest BCUT2D eigenvalue weighted by atomic mass is 9.46. The summed E-state index contributed by atoms with van der Waals surface area (Å²) in [5, 5.41) is 11.8. The van der Waals surface area contributed by atoms with E-state index in [0.29, 0.717) is 18.0 Å². The molecule has 4 aliphatic carbocycles. The van der Waals surface area contributed by atoms with Crippen LogP contribution in [0, 0.1) is 30.1 Å². The summed E-state index contributed by atoms with van der Waals surface area (Å²) in [4.78, 5) is 4.38. The molecule has 4 bridgehead atoms. The lowest BCUT2D eigenvalue weighted by Gasteiger charge is -2.61. The van der Waals surface area contributed by atoms with Crippen LogP contribution >= 0.6 is 0 Å². The van der Waals surface area contributed by atoms with Gasteiger partial charge in [0.1, 0.15) is 0 Å². The summed E-state index contributed by atoms with van der Waals surface area (Å²) in [6.07, 6.45) is 8.92. The summed E-state index contributed by atoms with van der Waals surface area (Å²) in [7, 11) is -3.68. The minimum absolute atomic E-state index is 0.0766. The molecular weight excluding hydrogens is 484 g/mol. The number of nitrogens with zero attached hydrogens (tertiary/aromatic N) is 2. The number of rotatable bonds is 7. The molecular formula is C29H34N4O3S. The van der Waals surface area contributed by atoms with Crippen molar-refractivity contribution in [3.05, 3.63) is 72.2 Å². The number of aryl methyl sites for hydroxylation is 1. The van der Waals surface area contributed by atoms with Crippen LogP contribution in [0.5, 0.6) is 0 Å². The zero-order chi connectivity index (χ0) is 25.4. The van der Waals surface area contributed by atoms with Crippen molar-refractivity contribution >= 4 is 15.9 Å². The predicted molar refractivity (Wildman–Crippen MR) is 143 cm³/mol. The van der Waals surface area contributed by atoms with E-state index in [1.165, 1.54) is 11.1 Å². The normalized spacial score (nSPS) is 32.2. The van der Waals surface area contributed by atoms with E-state index in [2.05, 4.69) is 43.3 Å². The molecule has 2 heterocycles. The van der Waals surface area contributed by atoms with Gasteiger partial charge in [0.05, 0.1) is 30.4 Å². The number of anilines is 1. The molecule has 7 nitrogen and oxygen atoms in total. The van der Waals surface area contributed by atoms with Crippen LogP contribution < -0.4 is 9.44 Å². The summed E-state index contributed by atoms with van der Waals surface area (Å²) in [5.74, 6) is 1.09. The highest BCUT2D eigenvalue weighted by Gasteiger charge is 2.58. The zero-order valence-electron chi connectivity index (χ0n) is 21.0. The molecule has 3 N–H and O–H groups in total. The summed E-state index contributed by atoms with van der Waals surface area (Å²) < 4.78 is 34.0. The Hall–Kier alpha value is -2.68. The first-order valence-corrected chi connectivity index (χ1v) is 14.9. The number of hydrogen-bond donors (Lipinski definition) is 3. The third-order valence-electron chi connectivity index (χ3n) is 9.67. The lowest BCUT2D eigenvalue weighted by molar-refractivity contribution is -0.134. The average molecular weight is 519 g/mol. The van der Waals surface area contributed by atoms with Gasteiger partial charge >= 0.3 is 0 Å². The quantitative estimate of drug-likeness (QED) is 0.424. The predicted octanol–water partition coefficient (Wildman–Crippen LogP) is 4.65. The second kappa shape index (κ2) is 8.41. The Kier molecular flexibility index (Phi) is 5.33. The molecule has 3 aromatic rings. The monoisotopic (exact) mass is 518 g/mol. The second-order valence-corrected chi connectivity index (χ2v) is 13.4. The molecule has 4 saturated carbocycles. The zero-order valence-corrected chi connectivity index (χ0v) is 21.9. The van der Waals surface area contributed by atoms with Crippen molar-refractivity contribution in [3.8, 4) is 11.3 Å². The summed E-state index contributed by atoms with van der Waals surface area (Å²) in [6.45, 7) is 1.98. The molecule has 1 aromatic heterocycles. The summed E-state index contributed by atoms with van der Waals surface area (Å²) >= 11 is 0. The molecule has 37 heavy (non-hydrogen) atoms. The largest absolute Gasteiger partial charge is 0.392 e. The molecule has 4 unspecified atom stereocenters. The van der Waals surface area contributed by atoms with Crippen molar-refractivity contribution in [2.24, 2.45) is 23.2 Å². The van der Waals surface area contributed by atoms with E-state index in [-0.39, 0.29) is 29.3 Å². The summed E-state index contributed by atoms with van der Waals surface area (Å²) in [6, 6.07) is 15.9. The highest BCUT2D eigenvalue weighted by Crippen LogP contribution is 2.62. The van der Waals surface area contributed by atoms with Crippen molar-refractivity contribution < 1.29 is 13.5 Å². The number of nitrogens with one attached hydrogen (secondary N) is 2. The van der Waals surface area contributed by atoms with Crippen LogP contribution in [-0.2, 0) is 10.2 Å². The topological polar surface area (TPSA) is 96.2 Å². The first-order chi connectivity index (χ1) is 17.8. The Bertz CT molecular complexity index is 1420. The van der Waals surface area contributed by atoms with Gasteiger partial charge in [0.15, 0.2) is 0 Å². The number of hydrogen-bond acceptors (Lipinski definition) is 4. The maximum absolute atomic E-state index is 13.0. The van der Waals surface area contributed by atoms with Gasteiger partial charge in [-0.2, -0.15) is 13.1 Å². The Balaban J connectivity index is 1.09. The number of aromatic nitrogens is 2. The van der Waals surface area contributed by atoms with E-state index in [1.807, 2.05) is 31.6 Å². The van der Waals surface area contributed by atoms with Crippen LogP contribution in [-0.4, -0.2) is 35.2 Å². The van der Waals surface area contributed by atoms with Gasteiger partial charge in [0, 0.05) is 17.3 Å². The van der Waals surface area contributed by atoms with Gasteiger partial charge in [-0.15, -0.1) is 0 Å². The fraction of sp³-hybridized carbons (Fsp3) is 0.483. The molecule has 8 heteroatoms. The van der Waals surface area contributed by atoms with Gasteiger partial charge in [-0.05, 0) is 86.3 Å². The maximum atomic E-state index is 13.0. The van der Waals surface area contributed by atoms with Gasteiger partial charge in [0.2, 0.25) is 0 Å². The molecule has 0 spiro atoms. The molecule has 4 fully saturated rings. The fourth-order valence-electron chi connectivity index (χ4n) is 8.31. The van der Waals surface area contributed by atoms with Gasteiger partial charge in [0.25, 0.3) is 10.2 Å². The van der Waals surface area contributed by atoms with Crippen LogP contribution in [0.4, 0.5) is 5.69 Å². The smallest absolute Gasteiger partial charge is 0.299 e. The molecule has 4 atom stereocenters. The lowest BCUT2D eigenvalue weighted by Crippen LogP contribution is -2.62. The van der Waals surface area contributed by atoms with Gasteiger partial charge in [-0.1, -0.05) is 42.0 Å². The van der Waals surface area contributed by atoms with Gasteiger partial charge < -0.3 is 9.67 Å². The van der Waals surface area contributed by atoms with E-state index < -0.39 is 16.3 Å². The van der Waals surface area contributed by atoms with E-state index >= 15 is 0 Å². The Labute approximate surface area is 218 Å². The first-order valence-electron chi connectivity index (χ1n) is 13.5. The van der Waals surface area contributed by atoms with E-state index in [9.17, 15) is 13.5 Å². The van der Waals surface area contributed by atoms with Crippen molar-refractivity contribution in [3.63, 3.8) is 0 Å². The Morgan fingerprint density at radius 2 is 1.81 bits per heavy atom. The first kappa shape index (κ1) is 23.4. The average Bonchev–Trinajstić information content (AvgIpc) is 3.45. The number of aliphatic hydroxyl groups excluding tert-OH is 1. The number of fused-ring (bicyclic) bond motifs is 3. The minimum Gasteiger partial charge on any atom is -0.392 e. The molecule has 194 valence electrons. The van der Waals surface area contributed by atoms with E-state index in [0.717, 1.165) is 43.4 Å². The van der Waals surface area contributed by atoms with E-state index in [4.69, 9.17) is 0 Å². The van der Waals surface area contributed by atoms with Crippen LogP contribution in [0.15, 0.2) is 61.1 Å². The van der Waals surface area contributed by atoms with Gasteiger partial charge in [-0.3, -0.25) is 4.72 Å². The Morgan fingerprint density at radius 3 is 2.57 bits per heavy atom. The molecule has 0 saturated heterocycles. The molecule has 8 rings (SSSR count).